The van der Waals surface area contributed by atoms with Crippen molar-refractivity contribution >= 4 is 22.4 Å². The van der Waals surface area contributed by atoms with Gasteiger partial charge in [0.05, 0.1) is 0 Å². The number of anilines is 1. The van der Waals surface area contributed by atoms with E-state index in [9.17, 15) is 9.59 Å². The van der Waals surface area contributed by atoms with Crippen molar-refractivity contribution in [1.82, 2.24) is 15.2 Å². The van der Waals surface area contributed by atoms with E-state index in [1.54, 1.807) is 6.07 Å². The van der Waals surface area contributed by atoms with E-state index in [4.69, 9.17) is 0 Å². The average Bonchev–Trinajstić information content (AvgIpc) is 2.97. The molecule has 0 atom stereocenters. The molecule has 6 nitrogen and oxygen atoms in total. The molecule has 0 aliphatic heterocycles. The lowest BCUT2D eigenvalue weighted by Gasteiger charge is -1.99. The zero-order valence-electron chi connectivity index (χ0n) is 10.7. The number of hydrogen-bond acceptors (Lipinski definition) is 5. The molecule has 2 N–H and O–H groups in total. The van der Waals surface area contributed by atoms with Crippen LogP contribution in [0, 0.1) is 0 Å². The van der Waals surface area contributed by atoms with Crippen LogP contribution in [-0.2, 0) is 0 Å². The van der Waals surface area contributed by atoms with Gasteiger partial charge < -0.3 is 4.98 Å². The van der Waals surface area contributed by atoms with Crippen LogP contribution in [0.15, 0.2) is 53.5 Å². The van der Waals surface area contributed by atoms with Crippen LogP contribution < -0.4 is 10.9 Å². The van der Waals surface area contributed by atoms with Crippen LogP contribution in [0.5, 0.6) is 0 Å². The van der Waals surface area contributed by atoms with Crippen LogP contribution in [0.4, 0.5) is 5.13 Å². The highest BCUT2D eigenvalue weighted by atomic mass is 32.1. The molecule has 0 saturated heterocycles. The molecule has 0 radical (unpaired) electrons. The number of hydrogen-bond donors (Lipinski definition) is 2. The van der Waals surface area contributed by atoms with Gasteiger partial charge in [-0.05, 0) is 12.1 Å². The Balaban J connectivity index is 1.81. The van der Waals surface area contributed by atoms with E-state index < -0.39 is 11.5 Å². The molecule has 2 heterocycles. The van der Waals surface area contributed by atoms with Gasteiger partial charge in [-0.15, -0.1) is 10.2 Å². The van der Waals surface area contributed by atoms with Gasteiger partial charge in [0.2, 0.25) is 5.13 Å². The fraction of sp³-hybridized carbons (Fsp3) is 0. The molecule has 0 fully saturated rings. The van der Waals surface area contributed by atoms with Gasteiger partial charge in [0.25, 0.3) is 11.5 Å². The van der Waals surface area contributed by atoms with Gasteiger partial charge in [-0.25, -0.2) is 0 Å². The first-order valence-corrected chi connectivity index (χ1v) is 6.93. The summed E-state index contributed by atoms with van der Waals surface area (Å²) in [7, 11) is 0. The monoisotopic (exact) mass is 298 g/mol. The van der Waals surface area contributed by atoms with Crippen molar-refractivity contribution in [3.8, 4) is 10.6 Å². The van der Waals surface area contributed by atoms with Crippen molar-refractivity contribution in [2.45, 2.75) is 0 Å². The summed E-state index contributed by atoms with van der Waals surface area (Å²) in [6.45, 7) is 0. The molecule has 0 spiro atoms. The molecule has 104 valence electrons. The molecular formula is C14H10N4O2S. The fourth-order valence-corrected chi connectivity index (χ4v) is 2.48. The molecule has 2 aromatic heterocycles. The summed E-state index contributed by atoms with van der Waals surface area (Å²) in [4.78, 5) is 26.0. The van der Waals surface area contributed by atoms with Gasteiger partial charge >= 0.3 is 0 Å². The van der Waals surface area contributed by atoms with E-state index in [-0.39, 0.29) is 5.56 Å². The highest BCUT2D eigenvalue weighted by Gasteiger charge is 2.13. The topological polar surface area (TPSA) is 87.7 Å². The Kier molecular flexibility index (Phi) is 3.57. The minimum absolute atomic E-state index is 0.0361. The second kappa shape index (κ2) is 5.68. The summed E-state index contributed by atoms with van der Waals surface area (Å²) in [5, 5.41) is 11.6. The van der Waals surface area contributed by atoms with E-state index in [1.165, 1.54) is 23.6 Å². The standard InChI is InChI=1S/C14H10N4O2S/c19-11-10(7-4-8-15-11)12(20)16-14-18-17-13(21-14)9-5-2-1-3-6-9/h1-8H,(H,15,19)(H,16,18,20). The normalized spacial score (nSPS) is 10.3. The molecule has 0 unspecified atom stereocenters. The zero-order chi connectivity index (χ0) is 14.7. The predicted octanol–water partition coefficient (Wildman–Crippen LogP) is 2.15. The number of aromatic nitrogens is 3. The highest BCUT2D eigenvalue weighted by Crippen LogP contribution is 2.25. The molecule has 1 amide bonds. The summed E-state index contributed by atoms with van der Waals surface area (Å²) in [6.07, 6.45) is 1.47. The minimum Gasteiger partial charge on any atom is -0.328 e. The van der Waals surface area contributed by atoms with Gasteiger partial charge in [0.15, 0.2) is 0 Å². The number of amides is 1. The van der Waals surface area contributed by atoms with Gasteiger partial charge in [-0.1, -0.05) is 41.7 Å². The smallest absolute Gasteiger partial charge is 0.263 e. The number of H-pyrrole nitrogens is 1. The van der Waals surface area contributed by atoms with Crippen molar-refractivity contribution in [1.29, 1.82) is 0 Å². The lowest BCUT2D eigenvalue weighted by molar-refractivity contribution is 0.102. The number of nitrogens with one attached hydrogen (secondary N) is 2. The van der Waals surface area contributed by atoms with Gasteiger partial charge in [-0.2, -0.15) is 0 Å². The SMILES string of the molecule is O=C(Nc1nnc(-c2ccccc2)s1)c1ccc[nH]c1=O. The lowest BCUT2D eigenvalue weighted by atomic mass is 10.2. The van der Waals surface area contributed by atoms with Gasteiger partial charge in [-0.3, -0.25) is 14.9 Å². The maximum absolute atomic E-state index is 12.0. The van der Waals surface area contributed by atoms with Crippen LogP contribution >= 0.6 is 11.3 Å². The summed E-state index contributed by atoms with van der Waals surface area (Å²) in [5.74, 6) is -0.507. The van der Waals surface area contributed by atoms with E-state index in [0.717, 1.165) is 5.56 Å². The Morgan fingerprint density at radius 3 is 2.67 bits per heavy atom. The third-order valence-electron chi connectivity index (χ3n) is 2.73. The molecule has 21 heavy (non-hydrogen) atoms. The molecule has 7 heteroatoms. The van der Waals surface area contributed by atoms with Crippen molar-refractivity contribution in [2.75, 3.05) is 5.32 Å². The van der Waals surface area contributed by atoms with Gasteiger partial charge in [0.1, 0.15) is 10.6 Å². The number of benzene rings is 1. The fourth-order valence-electron chi connectivity index (χ4n) is 1.74. The Labute approximate surface area is 123 Å². The van der Waals surface area contributed by atoms with Crippen LogP contribution in [0.1, 0.15) is 10.4 Å². The molecule has 0 aliphatic carbocycles. The van der Waals surface area contributed by atoms with Crippen molar-refractivity contribution in [3.05, 3.63) is 64.6 Å². The van der Waals surface area contributed by atoms with E-state index in [1.807, 2.05) is 30.3 Å². The first-order valence-electron chi connectivity index (χ1n) is 6.12. The zero-order valence-corrected chi connectivity index (χ0v) is 11.6. The summed E-state index contributed by atoms with van der Waals surface area (Å²) < 4.78 is 0. The van der Waals surface area contributed by atoms with Gasteiger partial charge in [0, 0.05) is 11.8 Å². The molecule has 0 bridgehead atoms. The highest BCUT2D eigenvalue weighted by molar-refractivity contribution is 7.18. The van der Waals surface area contributed by atoms with E-state index in [0.29, 0.717) is 10.1 Å². The summed E-state index contributed by atoms with van der Waals surface area (Å²) in [5.41, 5.74) is 0.518. The first-order chi connectivity index (χ1) is 10.2. The Morgan fingerprint density at radius 1 is 1.10 bits per heavy atom. The molecule has 1 aromatic carbocycles. The number of nitrogens with zero attached hydrogens (tertiary/aromatic N) is 2. The molecular weight excluding hydrogens is 288 g/mol. The maximum Gasteiger partial charge on any atom is 0.263 e. The van der Waals surface area contributed by atoms with Crippen LogP contribution in [0.25, 0.3) is 10.6 Å². The number of aromatic amines is 1. The molecule has 3 rings (SSSR count). The van der Waals surface area contributed by atoms with Crippen molar-refractivity contribution < 1.29 is 4.79 Å². The molecule has 0 saturated carbocycles. The Hall–Kier alpha value is -2.80. The number of rotatable bonds is 3. The summed E-state index contributed by atoms with van der Waals surface area (Å²) >= 11 is 1.25. The third-order valence-corrected chi connectivity index (χ3v) is 3.62. The van der Waals surface area contributed by atoms with Crippen LogP contribution in [-0.4, -0.2) is 21.1 Å². The second-order valence-corrected chi connectivity index (χ2v) is 5.12. The number of pyridine rings is 1. The Bertz CT molecular complexity index is 826. The van der Waals surface area contributed by atoms with Crippen molar-refractivity contribution in [3.63, 3.8) is 0 Å². The first kappa shape index (κ1) is 13.2. The quantitative estimate of drug-likeness (QED) is 0.775. The maximum atomic E-state index is 12.0. The second-order valence-electron chi connectivity index (χ2n) is 4.15. The predicted molar refractivity (Wildman–Crippen MR) is 80.4 cm³/mol. The van der Waals surface area contributed by atoms with Crippen molar-refractivity contribution in [2.24, 2.45) is 0 Å². The lowest BCUT2D eigenvalue weighted by Crippen LogP contribution is -2.22. The largest absolute Gasteiger partial charge is 0.328 e. The van der Waals surface area contributed by atoms with E-state index in [2.05, 4.69) is 20.5 Å². The third kappa shape index (κ3) is 2.87. The molecule has 0 aliphatic rings. The van der Waals surface area contributed by atoms with Crippen LogP contribution in [0.3, 0.4) is 0 Å². The number of carbonyl (C=O) groups excluding carboxylic acids is 1. The van der Waals surface area contributed by atoms with Crippen LogP contribution in [0.2, 0.25) is 0 Å². The Morgan fingerprint density at radius 2 is 1.90 bits per heavy atom. The van der Waals surface area contributed by atoms with E-state index >= 15 is 0 Å². The number of carbonyl (C=O) groups is 1. The minimum atomic E-state index is -0.507. The summed E-state index contributed by atoms with van der Waals surface area (Å²) in [6, 6.07) is 12.6. The molecule has 3 aromatic rings. The average molecular weight is 298 g/mol.